The van der Waals surface area contributed by atoms with Gasteiger partial charge in [-0.15, -0.1) is 0 Å². The number of anilines is 1. The first-order valence-corrected chi connectivity index (χ1v) is 8.69. The number of carbonyl (C=O) groups excluding carboxylic acids is 2. The van der Waals surface area contributed by atoms with Crippen molar-refractivity contribution in [3.8, 4) is 0 Å². The minimum atomic E-state index is -0.324. The number of hydrogen-bond acceptors (Lipinski definition) is 2. The maximum absolute atomic E-state index is 13.2. The standard InChI is InChI=1S/C20H22FN3O2/c1-23(14-15-5-4-6-17(21)13-15)20(26)22-18-9-7-16(8-10-18)19(25)24-11-2-3-12-24/h4-10,13H,2-3,11-12,14H2,1H3,(H,22,26). The number of halogens is 1. The fourth-order valence-electron chi connectivity index (χ4n) is 3.00. The van der Waals surface area contributed by atoms with Crippen LogP contribution in [0.1, 0.15) is 28.8 Å². The predicted octanol–water partition coefficient (Wildman–Crippen LogP) is 3.73. The Hall–Kier alpha value is -2.89. The van der Waals surface area contributed by atoms with Crippen LogP contribution < -0.4 is 5.32 Å². The number of urea groups is 1. The molecule has 0 bridgehead atoms. The molecule has 136 valence electrons. The van der Waals surface area contributed by atoms with E-state index < -0.39 is 0 Å². The molecule has 1 fully saturated rings. The van der Waals surface area contributed by atoms with Crippen LogP contribution in [-0.4, -0.2) is 41.9 Å². The Balaban J connectivity index is 1.57. The molecule has 5 nitrogen and oxygen atoms in total. The molecule has 1 aliphatic heterocycles. The Morgan fingerprint density at radius 1 is 1.12 bits per heavy atom. The van der Waals surface area contributed by atoms with Gasteiger partial charge in [0.2, 0.25) is 0 Å². The Labute approximate surface area is 152 Å². The topological polar surface area (TPSA) is 52.7 Å². The molecule has 1 N–H and O–H groups in total. The third kappa shape index (κ3) is 4.39. The Morgan fingerprint density at radius 2 is 1.81 bits per heavy atom. The lowest BCUT2D eigenvalue weighted by atomic mass is 10.2. The molecule has 2 aromatic carbocycles. The Morgan fingerprint density at radius 3 is 2.46 bits per heavy atom. The molecule has 0 aliphatic carbocycles. The molecule has 0 aromatic heterocycles. The van der Waals surface area contributed by atoms with Crippen molar-refractivity contribution < 1.29 is 14.0 Å². The second kappa shape index (κ2) is 7.99. The highest BCUT2D eigenvalue weighted by molar-refractivity contribution is 5.95. The molecule has 0 radical (unpaired) electrons. The highest BCUT2D eigenvalue weighted by atomic mass is 19.1. The molecule has 0 spiro atoms. The summed E-state index contributed by atoms with van der Waals surface area (Å²) in [5.41, 5.74) is 1.95. The molecule has 1 aliphatic rings. The lowest BCUT2D eigenvalue weighted by Crippen LogP contribution is -2.31. The summed E-state index contributed by atoms with van der Waals surface area (Å²) in [6.45, 7) is 1.92. The number of benzene rings is 2. The fraction of sp³-hybridized carbons (Fsp3) is 0.300. The van der Waals surface area contributed by atoms with Crippen molar-refractivity contribution in [2.24, 2.45) is 0 Å². The minimum Gasteiger partial charge on any atom is -0.339 e. The second-order valence-corrected chi connectivity index (χ2v) is 6.49. The highest BCUT2D eigenvalue weighted by Gasteiger charge is 2.19. The van der Waals surface area contributed by atoms with Crippen LogP contribution in [0.25, 0.3) is 0 Å². The summed E-state index contributed by atoms with van der Waals surface area (Å²) in [6.07, 6.45) is 2.11. The van der Waals surface area contributed by atoms with E-state index in [4.69, 9.17) is 0 Å². The van der Waals surface area contributed by atoms with Crippen LogP contribution in [0.4, 0.5) is 14.9 Å². The summed E-state index contributed by atoms with van der Waals surface area (Å²) in [7, 11) is 1.64. The summed E-state index contributed by atoms with van der Waals surface area (Å²) in [4.78, 5) is 27.9. The van der Waals surface area contributed by atoms with Crippen molar-refractivity contribution in [1.82, 2.24) is 9.80 Å². The van der Waals surface area contributed by atoms with Crippen LogP contribution in [0.3, 0.4) is 0 Å². The minimum absolute atomic E-state index is 0.0311. The monoisotopic (exact) mass is 355 g/mol. The zero-order chi connectivity index (χ0) is 18.5. The summed E-state index contributed by atoms with van der Waals surface area (Å²) in [5, 5.41) is 2.78. The molecule has 0 saturated carbocycles. The zero-order valence-electron chi connectivity index (χ0n) is 14.7. The van der Waals surface area contributed by atoms with Gasteiger partial charge in [0, 0.05) is 37.9 Å². The number of hydrogen-bond donors (Lipinski definition) is 1. The molecular formula is C20H22FN3O2. The molecule has 3 rings (SSSR count). The van der Waals surface area contributed by atoms with Gasteiger partial charge in [-0.25, -0.2) is 9.18 Å². The average Bonchev–Trinajstić information content (AvgIpc) is 3.16. The van der Waals surface area contributed by atoms with E-state index in [0.717, 1.165) is 25.9 Å². The summed E-state index contributed by atoms with van der Waals surface area (Å²) in [5.74, 6) is -0.293. The van der Waals surface area contributed by atoms with Crippen molar-refractivity contribution in [3.05, 3.63) is 65.5 Å². The van der Waals surface area contributed by atoms with Gasteiger partial charge < -0.3 is 15.1 Å². The largest absolute Gasteiger partial charge is 0.339 e. The molecule has 3 amide bonds. The van der Waals surface area contributed by atoms with E-state index in [0.29, 0.717) is 23.4 Å². The maximum Gasteiger partial charge on any atom is 0.321 e. The average molecular weight is 355 g/mol. The Bertz CT molecular complexity index is 786. The fourth-order valence-corrected chi connectivity index (χ4v) is 3.00. The van der Waals surface area contributed by atoms with Crippen LogP contribution in [0.15, 0.2) is 48.5 Å². The van der Waals surface area contributed by atoms with Gasteiger partial charge in [-0.05, 0) is 54.8 Å². The molecule has 0 atom stereocenters. The molecule has 2 aromatic rings. The number of carbonyl (C=O) groups is 2. The van der Waals surface area contributed by atoms with Crippen molar-refractivity contribution >= 4 is 17.6 Å². The zero-order valence-corrected chi connectivity index (χ0v) is 14.7. The quantitative estimate of drug-likeness (QED) is 0.909. The highest BCUT2D eigenvalue weighted by Crippen LogP contribution is 2.16. The van der Waals surface area contributed by atoms with Crippen LogP contribution in [0.2, 0.25) is 0 Å². The summed E-state index contributed by atoms with van der Waals surface area (Å²) >= 11 is 0. The summed E-state index contributed by atoms with van der Waals surface area (Å²) < 4.78 is 13.2. The first-order valence-electron chi connectivity index (χ1n) is 8.69. The van der Waals surface area contributed by atoms with E-state index >= 15 is 0 Å². The maximum atomic E-state index is 13.2. The number of nitrogens with one attached hydrogen (secondary N) is 1. The summed E-state index contributed by atoms with van der Waals surface area (Å²) in [6, 6.07) is 12.8. The smallest absolute Gasteiger partial charge is 0.321 e. The van der Waals surface area contributed by atoms with Crippen LogP contribution >= 0.6 is 0 Å². The van der Waals surface area contributed by atoms with Crippen LogP contribution in [-0.2, 0) is 6.54 Å². The first kappa shape index (κ1) is 17.9. The first-order chi connectivity index (χ1) is 12.5. The van der Waals surface area contributed by atoms with Crippen LogP contribution in [0, 0.1) is 5.82 Å². The van der Waals surface area contributed by atoms with E-state index in [1.807, 2.05) is 4.90 Å². The molecule has 0 unspecified atom stereocenters. The van der Waals surface area contributed by atoms with Crippen molar-refractivity contribution in [1.29, 1.82) is 0 Å². The van der Waals surface area contributed by atoms with Crippen molar-refractivity contribution in [3.63, 3.8) is 0 Å². The van der Waals surface area contributed by atoms with E-state index in [1.165, 1.54) is 17.0 Å². The van der Waals surface area contributed by atoms with E-state index in [1.54, 1.807) is 43.4 Å². The van der Waals surface area contributed by atoms with Crippen LogP contribution in [0.5, 0.6) is 0 Å². The van der Waals surface area contributed by atoms with Gasteiger partial charge in [-0.1, -0.05) is 12.1 Å². The van der Waals surface area contributed by atoms with Gasteiger partial charge in [-0.3, -0.25) is 4.79 Å². The van der Waals surface area contributed by atoms with Gasteiger partial charge in [0.15, 0.2) is 0 Å². The molecular weight excluding hydrogens is 333 g/mol. The van der Waals surface area contributed by atoms with Gasteiger partial charge >= 0.3 is 6.03 Å². The number of nitrogens with zero attached hydrogens (tertiary/aromatic N) is 2. The van der Waals surface area contributed by atoms with Crippen molar-refractivity contribution in [2.75, 3.05) is 25.5 Å². The predicted molar refractivity (Wildman–Crippen MR) is 98.5 cm³/mol. The number of rotatable bonds is 4. The lowest BCUT2D eigenvalue weighted by molar-refractivity contribution is 0.0793. The molecule has 6 heteroatoms. The van der Waals surface area contributed by atoms with Gasteiger partial charge in [0.25, 0.3) is 5.91 Å². The molecule has 1 saturated heterocycles. The number of likely N-dealkylation sites (tertiary alicyclic amines) is 1. The van der Waals surface area contributed by atoms with Gasteiger partial charge in [0.05, 0.1) is 0 Å². The number of amides is 3. The van der Waals surface area contributed by atoms with Crippen molar-refractivity contribution in [2.45, 2.75) is 19.4 Å². The normalized spacial score (nSPS) is 13.5. The van der Waals surface area contributed by atoms with Gasteiger partial charge in [-0.2, -0.15) is 0 Å². The second-order valence-electron chi connectivity index (χ2n) is 6.49. The third-order valence-electron chi connectivity index (χ3n) is 4.43. The van der Waals surface area contributed by atoms with E-state index in [-0.39, 0.29) is 17.8 Å². The Kier molecular flexibility index (Phi) is 5.51. The SMILES string of the molecule is CN(Cc1cccc(F)c1)C(=O)Nc1ccc(C(=O)N2CCCC2)cc1. The lowest BCUT2D eigenvalue weighted by Gasteiger charge is -2.19. The van der Waals surface area contributed by atoms with E-state index in [9.17, 15) is 14.0 Å². The molecule has 1 heterocycles. The van der Waals surface area contributed by atoms with Gasteiger partial charge in [0.1, 0.15) is 5.82 Å². The third-order valence-corrected chi connectivity index (χ3v) is 4.43. The van der Waals surface area contributed by atoms with E-state index in [2.05, 4.69) is 5.32 Å². The molecule has 26 heavy (non-hydrogen) atoms.